The summed E-state index contributed by atoms with van der Waals surface area (Å²) in [5, 5.41) is 18.0. The number of carbonyl (C=O) groups is 2. The van der Waals surface area contributed by atoms with E-state index < -0.39 is 11.9 Å². The number of hydrogen-bond acceptors (Lipinski definition) is 4. The fourth-order valence-electron chi connectivity index (χ4n) is 1.95. The molecule has 0 aliphatic rings. The number of fused-ring (bicyclic) bond motifs is 2. The molecule has 0 radical (unpaired) electrons. The van der Waals surface area contributed by atoms with Crippen molar-refractivity contribution in [3.05, 3.63) is 85.3 Å². The lowest BCUT2D eigenvalue weighted by Gasteiger charge is -1.81. The highest BCUT2D eigenvalue weighted by molar-refractivity contribution is 5.89. The first-order chi connectivity index (χ1) is 12.6. The van der Waals surface area contributed by atoms with Gasteiger partial charge in [-0.15, -0.1) is 0 Å². The molecule has 2 N–H and O–H groups in total. The molecule has 0 amide bonds. The predicted molar refractivity (Wildman–Crippen MR) is 96.8 cm³/mol. The standard InChI is InChI=1S/2C8H6O.C4H4O4/c2*1-2-4-8-7(3-1)5-6-9-8;5-3(6)1-2-4(7)8/h2*1-6H;1-2H,(H,5,6)(H,7,8)/b;;2-1-. The summed E-state index contributed by atoms with van der Waals surface area (Å²) in [6, 6.07) is 19.8. The summed E-state index contributed by atoms with van der Waals surface area (Å²) in [5.41, 5.74) is 1.91. The number of aliphatic carboxylic acids is 2. The van der Waals surface area contributed by atoms with Crippen LogP contribution >= 0.6 is 0 Å². The monoisotopic (exact) mass is 352 g/mol. The Morgan fingerprint density at radius 2 is 1.04 bits per heavy atom. The second kappa shape index (κ2) is 9.48. The lowest BCUT2D eigenvalue weighted by atomic mass is 10.3. The predicted octanol–water partition coefficient (Wildman–Crippen LogP) is 4.58. The van der Waals surface area contributed by atoms with Crippen molar-refractivity contribution in [2.75, 3.05) is 0 Å². The average molecular weight is 352 g/mol. The molecule has 0 atom stereocenters. The normalized spacial score (nSPS) is 10.0. The lowest BCUT2D eigenvalue weighted by molar-refractivity contribution is -0.134. The Bertz CT molecular complexity index is 867. The number of para-hydroxylation sites is 2. The highest BCUT2D eigenvalue weighted by atomic mass is 16.4. The number of furan rings is 2. The van der Waals surface area contributed by atoms with E-state index in [4.69, 9.17) is 19.0 Å². The molecule has 2 aromatic heterocycles. The third kappa shape index (κ3) is 6.01. The molecule has 0 spiro atoms. The van der Waals surface area contributed by atoms with Crippen LogP contribution < -0.4 is 0 Å². The maximum Gasteiger partial charge on any atom is 0.328 e. The molecule has 26 heavy (non-hydrogen) atoms. The second-order valence-corrected chi connectivity index (χ2v) is 4.93. The highest BCUT2D eigenvalue weighted by Gasteiger charge is 1.90. The van der Waals surface area contributed by atoms with Crippen LogP contribution in [0.3, 0.4) is 0 Å². The molecule has 6 heteroatoms. The van der Waals surface area contributed by atoms with E-state index in [0.717, 1.165) is 21.9 Å². The van der Waals surface area contributed by atoms with E-state index in [1.807, 2.05) is 60.7 Å². The van der Waals surface area contributed by atoms with Crippen molar-refractivity contribution in [1.82, 2.24) is 0 Å². The van der Waals surface area contributed by atoms with Gasteiger partial charge in [-0.3, -0.25) is 0 Å². The number of carboxylic acid groups (broad SMARTS) is 2. The summed E-state index contributed by atoms with van der Waals surface area (Å²) >= 11 is 0. The van der Waals surface area contributed by atoms with Crippen molar-refractivity contribution in [3.63, 3.8) is 0 Å². The van der Waals surface area contributed by atoms with E-state index in [2.05, 4.69) is 0 Å². The van der Waals surface area contributed by atoms with Gasteiger partial charge >= 0.3 is 11.9 Å². The minimum atomic E-state index is -1.26. The van der Waals surface area contributed by atoms with Gasteiger partial charge < -0.3 is 19.0 Å². The molecule has 6 nitrogen and oxygen atoms in total. The third-order valence-corrected chi connectivity index (χ3v) is 3.09. The van der Waals surface area contributed by atoms with Gasteiger partial charge in [-0.25, -0.2) is 9.59 Å². The Balaban J connectivity index is 0.000000141. The van der Waals surface area contributed by atoms with Crippen molar-refractivity contribution in [3.8, 4) is 0 Å². The van der Waals surface area contributed by atoms with Crippen molar-refractivity contribution < 1.29 is 28.6 Å². The molecule has 132 valence electrons. The van der Waals surface area contributed by atoms with E-state index in [1.165, 1.54) is 0 Å². The quantitative estimate of drug-likeness (QED) is 0.512. The van der Waals surface area contributed by atoms with Gasteiger partial charge in [0.25, 0.3) is 0 Å². The molecule has 4 rings (SSSR count). The van der Waals surface area contributed by atoms with Gasteiger partial charge in [0.2, 0.25) is 0 Å². The van der Waals surface area contributed by atoms with E-state index in [0.29, 0.717) is 12.2 Å². The molecule has 2 aromatic carbocycles. The number of benzene rings is 2. The summed E-state index contributed by atoms with van der Waals surface area (Å²) in [6.07, 6.45) is 4.51. The highest BCUT2D eigenvalue weighted by Crippen LogP contribution is 2.13. The first-order valence-electron chi connectivity index (χ1n) is 7.54. The fraction of sp³-hybridized carbons (Fsp3) is 0. The van der Waals surface area contributed by atoms with Gasteiger partial charge in [0.05, 0.1) is 12.5 Å². The van der Waals surface area contributed by atoms with E-state index in [9.17, 15) is 9.59 Å². The van der Waals surface area contributed by atoms with Gasteiger partial charge in [0.1, 0.15) is 11.2 Å². The first-order valence-corrected chi connectivity index (χ1v) is 7.54. The Labute approximate surface area is 148 Å². The third-order valence-electron chi connectivity index (χ3n) is 3.09. The Kier molecular flexibility index (Phi) is 6.76. The smallest absolute Gasteiger partial charge is 0.328 e. The average Bonchev–Trinajstić information content (AvgIpc) is 3.30. The molecule has 0 saturated carbocycles. The van der Waals surface area contributed by atoms with Crippen LogP contribution in [0, 0.1) is 0 Å². The fourth-order valence-corrected chi connectivity index (χ4v) is 1.95. The molecule has 4 aromatic rings. The van der Waals surface area contributed by atoms with E-state index in [1.54, 1.807) is 12.5 Å². The van der Waals surface area contributed by atoms with E-state index >= 15 is 0 Å². The second-order valence-electron chi connectivity index (χ2n) is 4.93. The van der Waals surface area contributed by atoms with Crippen molar-refractivity contribution >= 4 is 33.9 Å². The van der Waals surface area contributed by atoms with Crippen LogP contribution in [-0.2, 0) is 9.59 Å². The van der Waals surface area contributed by atoms with Gasteiger partial charge in [0.15, 0.2) is 0 Å². The molecule has 0 aliphatic heterocycles. The molecule has 0 bridgehead atoms. The SMILES string of the molecule is O=C(O)/C=C\C(=O)O.c1ccc2occc2c1.c1ccc2occc2c1. The van der Waals surface area contributed by atoms with Crippen molar-refractivity contribution in [1.29, 1.82) is 0 Å². The minimum Gasteiger partial charge on any atom is -0.478 e. The van der Waals surface area contributed by atoms with Gasteiger partial charge in [0, 0.05) is 22.9 Å². The zero-order valence-electron chi connectivity index (χ0n) is 13.6. The van der Waals surface area contributed by atoms with Gasteiger partial charge in [-0.05, 0) is 24.3 Å². The largest absolute Gasteiger partial charge is 0.478 e. The van der Waals surface area contributed by atoms with Crippen LogP contribution in [-0.4, -0.2) is 22.2 Å². The van der Waals surface area contributed by atoms with Gasteiger partial charge in [-0.1, -0.05) is 36.4 Å². The number of rotatable bonds is 2. The van der Waals surface area contributed by atoms with Gasteiger partial charge in [-0.2, -0.15) is 0 Å². The zero-order chi connectivity index (χ0) is 18.8. The van der Waals surface area contributed by atoms with Crippen molar-refractivity contribution in [2.45, 2.75) is 0 Å². The van der Waals surface area contributed by atoms with Crippen molar-refractivity contribution in [2.24, 2.45) is 0 Å². The minimum absolute atomic E-state index is 0.558. The summed E-state index contributed by atoms with van der Waals surface area (Å²) in [5.74, 6) is -2.51. The Hall–Kier alpha value is -3.80. The first kappa shape index (κ1) is 18.5. The summed E-state index contributed by atoms with van der Waals surface area (Å²) in [6.45, 7) is 0. The van der Waals surface area contributed by atoms with Crippen LogP contribution in [0.25, 0.3) is 21.9 Å². The van der Waals surface area contributed by atoms with Crippen LogP contribution in [0.4, 0.5) is 0 Å². The molecule has 0 fully saturated rings. The number of carboxylic acids is 2. The maximum atomic E-state index is 9.55. The lowest BCUT2D eigenvalue weighted by Crippen LogP contribution is -1.91. The molecule has 0 saturated heterocycles. The molecular formula is C20H16O6. The van der Waals surface area contributed by atoms with Crippen LogP contribution in [0.5, 0.6) is 0 Å². The van der Waals surface area contributed by atoms with Crippen LogP contribution in [0.15, 0.2) is 94.2 Å². The Morgan fingerprint density at radius 1 is 0.654 bits per heavy atom. The summed E-state index contributed by atoms with van der Waals surface area (Å²) in [4.78, 5) is 19.1. The maximum absolute atomic E-state index is 9.55. The Morgan fingerprint density at radius 3 is 1.38 bits per heavy atom. The summed E-state index contributed by atoms with van der Waals surface area (Å²) < 4.78 is 10.2. The molecule has 2 heterocycles. The zero-order valence-corrected chi connectivity index (χ0v) is 13.6. The molecule has 0 aliphatic carbocycles. The summed E-state index contributed by atoms with van der Waals surface area (Å²) in [7, 11) is 0. The molecular weight excluding hydrogens is 336 g/mol. The molecule has 0 unspecified atom stereocenters. The van der Waals surface area contributed by atoms with E-state index in [-0.39, 0.29) is 0 Å². The van der Waals surface area contributed by atoms with Crippen LogP contribution in [0.2, 0.25) is 0 Å². The number of hydrogen-bond donors (Lipinski definition) is 2. The topological polar surface area (TPSA) is 101 Å². The van der Waals surface area contributed by atoms with Crippen LogP contribution in [0.1, 0.15) is 0 Å².